The molecule has 1 aromatic rings. The molecule has 0 bridgehead atoms. The predicted octanol–water partition coefficient (Wildman–Crippen LogP) is 2.87. The fourth-order valence-electron chi connectivity index (χ4n) is 2.67. The molecule has 1 aliphatic heterocycles. The number of nitrogens with zero attached hydrogens (tertiary/aromatic N) is 2. The van der Waals surface area contributed by atoms with Crippen LogP contribution in [0.3, 0.4) is 0 Å². The van der Waals surface area contributed by atoms with Crippen LogP contribution >= 0.6 is 11.6 Å². The van der Waals surface area contributed by atoms with Crippen molar-refractivity contribution in [3.63, 3.8) is 0 Å². The second-order valence-electron chi connectivity index (χ2n) is 5.24. The van der Waals surface area contributed by atoms with Crippen molar-refractivity contribution in [2.75, 3.05) is 12.4 Å². The lowest BCUT2D eigenvalue weighted by atomic mass is 9.95. The van der Waals surface area contributed by atoms with Gasteiger partial charge in [0.1, 0.15) is 0 Å². The second kappa shape index (κ2) is 5.70. The largest absolute Gasteiger partial charge is 0.335 e. The maximum Gasteiger partial charge on any atom is 0.223 e. The minimum absolute atomic E-state index is 0.133. The van der Waals surface area contributed by atoms with Crippen molar-refractivity contribution in [1.82, 2.24) is 9.88 Å². The molecule has 1 aliphatic rings. The summed E-state index contributed by atoms with van der Waals surface area (Å²) in [7, 11) is 0. The van der Waals surface area contributed by atoms with Crippen LogP contribution in [0.2, 0.25) is 0 Å². The zero-order valence-corrected chi connectivity index (χ0v) is 11.6. The van der Waals surface area contributed by atoms with Gasteiger partial charge in [-0.05, 0) is 29.5 Å². The lowest BCUT2D eigenvalue weighted by Gasteiger charge is -2.31. The molecule has 1 saturated heterocycles. The topological polar surface area (TPSA) is 33.2 Å². The number of halogens is 1. The van der Waals surface area contributed by atoms with E-state index in [4.69, 9.17) is 11.6 Å². The molecule has 3 nitrogen and oxygen atoms in total. The molecule has 0 N–H and O–H groups in total. The number of aromatic nitrogens is 1. The zero-order chi connectivity index (χ0) is 13.1. The van der Waals surface area contributed by atoms with Gasteiger partial charge in [-0.25, -0.2) is 0 Å². The molecule has 1 aromatic heterocycles. The smallest absolute Gasteiger partial charge is 0.223 e. The lowest BCUT2D eigenvalue weighted by Crippen LogP contribution is -2.33. The first-order valence-corrected chi connectivity index (χ1v) is 6.92. The summed E-state index contributed by atoms with van der Waals surface area (Å²) in [6.45, 7) is 5.06. The van der Waals surface area contributed by atoms with Crippen LogP contribution in [0.5, 0.6) is 0 Å². The van der Waals surface area contributed by atoms with E-state index in [0.29, 0.717) is 24.1 Å². The van der Waals surface area contributed by atoms with E-state index in [1.54, 1.807) is 12.4 Å². The van der Waals surface area contributed by atoms with E-state index in [1.165, 1.54) is 0 Å². The van der Waals surface area contributed by atoms with Crippen molar-refractivity contribution < 1.29 is 4.79 Å². The Morgan fingerprint density at radius 1 is 1.44 bits per heavy atom. The molecule has 2 atom stereocenters. The van der Waals surface area contributed by atoms with Crippen molar-refractivity contribution in [3.8, 4) is 0 Å². The maximum atomic E-state index is 12.1. The monoisotopic (exact) mass is 266 g/mol. The van der Waals surface area contributed by atoms with Gasteiger partial charge in [0.05, 0.1) is 6.04 Å². The highest BCUT2D eigenvalue weighted by atomic mass is 35.5. The van der Waals surface area contributed by atoms with Crippen LogP contribution in [0, 0.1) is 11.8 Å². The van der Waals surface area contributed by atoms with Crippen LogP contribution in [-0.4, -0.2) is 28.2 Å². The minimum atomic E-state index is 0.133. The van der Waals surface area contributed by atoms with E-state index >= 15 is 0 Å². The molecule has 1 amide bonds. The highest BCUT2D eigenvalue weighted by Gasteiger charge is 2.35. The Balaban J connectivity index is 2.24. The van der Waals surface area contributed by atoms with Crippen LogP contribution < -0.4 is 0 Å². The summed E-state index contributed by atoms with van der Waals surface area (Å²) in [5, 5.41) is 0. The molecule has 98 valence electrons. The molecule has 2 unspecified atom stereocenters. The van der Waals surface area contributed by atoms with Crippen LogP contribution in [0.25, 0.3) is 0 Å². The highest BCUT2D eigenvalue weighted by molar-refractivity contribution is 6.18. The molecule has 0 aliphatic carbocycles. The first-order chi connectivity index (χ1) is 8.63. The van der Waals surface area contributed by atoms with Crippen molar-refractivity contribution in [1.29, 1.82) is 0 Å². The van der Waals surface area contributed by atoms with Gasteiger partial charge in [0.2, 0.25) is 5.91 Å². The summed E-state index contributed by atoms with van der Waals surface area (Å²) in [5.74, 6) is 1.45. The van der Waals surface area contributed by atoms with Crippen LogP contribution in [0.1, 0.15) is 31.9 Å². The van der Waals surface area contributed by atoms with Gasteiger partial charge >= 0.3 is 0 Å². The number of alkyl halides is 1. The van der Waals surface area contributed by atoms with Gasteiger partial charge in [-0.1, -0.05) is 13.8 Å². The van der Waals surface area contributed by atoms with E-state index in [1.807, 2.05) is 17.0 Å². The summed E-state index contributed by atoms with van der Waals surface area (Å²) in [4.78, 5) is 18.1. The molecular formula is C14H19ClN2O. The van der Waals surface area contributed by atoms with Crippen LogP contribution in [0.15, 0.2) is 24.5 Å². The van der Waals surface area contributed by atoms with Crippen LogP contribution in [0.4, 0.5) is 0 Å². The summed E-state index contributed by atoms with van der Waals surface area (Å²) in [5.41, 5.74) is 1.16. The number of likely N-dealkylation sites (tertiary alicyclic amines) is 1. The summed E-state index contributed by atoms with van der Waals surface area (Å²) in [6.07, 6.45) is 4.15. The van der Waals surface area contributed by atoms with Gasteiger partial charge in [0.25, 0.3) is 0 Å². The molecule has 18 heavy (non-hydrogen) atoms. The third-order valence-electron chi connectivity index (χ3n) is 3.47. The molecule has 0 saturated carbocycles. The van der Waals surface area contributed by atoms with E-state index in [0.717, 1.165) is 12.1 Å². The van der Waals surface area contributed by atoms with E-state index in [-0.39, 0.29) is 11.9 Å². The number of carbonyl (C=O) groups is 1. The zero-order valence-electron chi connectivity index (χ0n) is 10.8. The lowest BCUT2D eigenvalue weighted by molar-refractivity contribution is -0.130. The van der Waals surface area contributed by atoms with Gasteiger partial charge in [0.15, 0.2) is 0 Å². The molecule has 2 heterocycles. The fourth-order valence-corrected chi connectivity index (χ4v) is 2.87. The van der Waals surface area contributed by atoms with E-state index in [9.17, 15) is 4.79 Å². The van der Waals surface area contributed by atoms with Crippen molar-refractivity contribution in [2.24, 2.45) is 11.8 Å². The van der Waals surface area contributed by atoms with Gasteiger partial charge in [-0.2, -0.15) is 0 Å². The van der Waals surface area contributed by atoms with Crippen molar-refractivity contribution >= 4 is 17.5 Å². The number of amides is 1. The third-order valence-corrected chi connectivity index (χ3v) is 3.91. The SMILES string of the molecule is CC(C)C(c1ccncc1)N1CC(CCl)CC1=O. The van der Waals surface area contributed by atoms with E-state index in [2.05, 4.69) is 18.8 Å². The Labute approximate surface area is 113 Å². The molecule has 1 fully saturated rings. The Hall–Kier alpha value is -1.09. The first kappa shape index (κ1) is 13.3. The second-order valence-corrected chi connectivity index (χ2v) is 5.55. The molecule has 4 heteroatoms. The summed E-state index contributed by atoms with van der Waals surface area (Å²) in [6, 6.07) is 4.12. The third kappa shape index (κ3) is 2.66. The molecule has 0 radical (unpaired) electrons. The number of rotatable bonds is 4. The molecule has 0 spiro atoms. The van der Waals surface area contributed by atoms with Crippen molar-refractivity contribution in [2.45, 2.75) is 26.3 Å². The Bertz CT molecular complexity index is 408. The first-order valence-electron chi connectivity index (χ1n) is 6.38. The highest BCUT2D eigenvalue weighted by Crippen LogP contribution is 2.33. The molecular weight excluding hydrogens is 248 g/mol. The fraction of sp³-hybridized carbons (Fsp3) is 0.571. The van der Waals surface area contributed by atoms with Gasteiger partial charge < -0.3 is 4.90 Å². The van der Waals surface area contributed by atoms with Crippen LogP contribution in [-0.2, 0) is 4.79 Å². The van der Waals surface area contributed by atoms with Gasteiger partial charge in [0, 0.05) is 31.2 Å². The predicted molar refractivity (Wildman–Crippen MR) is 72.4 cm³/mol. The minimum Gasteiger partial charge on any atom is -0.335 e. The van der Waals surface area contributed by atoms with Gasteiger partial charge in [-0.3, -0.25) is 9.78 Å². The number of hydrogen-bond donors (Lipinski definition) is 0. The molecule has 2 rings (SSSR count). The number of carbonyl (C=O) groups excluding carboxylic acids is 1. The van der Waals surface area contributed by atoms with Crippen molar-refractivity contribution in [3.05, 3.63) is 30.1 Å². The average Bonchev–Trinajstić information content (AvgIpc) is 2.72. The van der Waals surface area contributed by atoms with Gasteiger partial charge in [-0.15, -0.1) is 11.6 Å². The number of hydrogen-bond acceptors (Lipinski definition) is 2. The summed E-state index contributed by atoms with van der Waals surface area (Å²) < 4.78 is 0. The Kier molecular flexibility index (Phi) is 4.23. The average molecular weight is 267 g/mol. The quantitative estimate of drug-likeness (QED) is 0.785. The van der Waals surface area contributed by atoms with E-state index < -0.39 is 0 Å². The number of pyridine rings is 1. The summed E-state index contributed by atoms with van der Waals surface area (Å²) >= 11 is 5.88. The standard InChI is InChI=1S/C14H19ClN2O/c1-10(2)14(12-3-5-16-6-4-12)17-9-11(8-15)7-13(17)18/h3-6,10-11,14H,7-9H2,1-2H3. The Morgan fingerprint density at radius 3 is 2.61 bits per heavy atom. The Morgan fingerprint density at radius 2 is 2.11 bits per heavy atom. The maximum absolute atomic E-state index is 12.1. The normalized spacial score (nSPS) is 21.7. The molecule has 0 aromatic carbocycles.